The molecule has 128 valence electrons. The number of amides is 1. The fourth-order valence-corrected chi connectivity index (χ4v) is 4.67. The minimum atomic E-state index is -0.0710. The molecule has 1 N–H and O–H groups in total. The third-order valence-electron chi connectivity index (χ3n) is 4.14. The van der Waals surface area contributed by atoms with Gasteiger partial charge in [-0.1, -0.05) is 47.4 Å². The van der Waals surface area contributed by atoms with Crippen molar-refractivity contribution in [2.75, 3.05) is 19.3 Å². The van der Waals surface area contributed by atoms with Gasteiger partial charge in [-0.15, -0.1) is 10.2 Å². The summed E-state index contributed by atoms with van der Waals surface area (Å²) in [5, 5.41) is 12.2. The second-order valence-electron chi connectivity index (χ2n) is 5.98. The van der Waals surface area contributed by atoms with Crippen molar-refractivity contribution in [2.45, 2.75) is 36.7 Å². The lowest BCUT2D eigenvalue weighted by molar-refractivity contribution is -0.126. The van der Waals surface area contributed by atoms with Crippen LogP contribution in [-0.2, 0) is 17.8 Å². The number of rotatable bonds is 6. The summed E-state index contributed by atoms with van der Waals surface area (Å²) < 4.78 is 1.00. The summed E-state index contributed by atoms with van der Waals surface area (Å²) in [6.07, 6.45) is 1.72. The maximum Gasteiger partial charge on any atom is 0.237 e. The standard InChI is InChI=1S/C17H22N4OS2/c1-12-19-20-17(24-12)23-9-5-8-18-16(22)15-10-13-6-3-4-7-14(13)11-21(15)2/h3-4,6-7,15H,5,8-11H2,1-2H3,(H,18,22)/t15-/m1/s1. The Morgan fingerprint density at radius 1 is 1.38 bits per heavy atom. The van der Waals surface area contributed by atoms with Gasteiger partial charge in [-0.2, -0.15) is 0 Å². The molecule has 0 radical (unpaired) electrons. The minimum absolute atomic E-state index is 0.0710. The van der Waals surface area contributed by atoms with Crippen LogP contribution >= 0.6 is 23.1 Å². The molecule has 1 aliphatic heterocycles. The van der Waals surface area contributed by atoms with E-state index >= 15 is 0 Å². The van der Waals surface area contributed by atoms with Crippen molar-refractivity contribution < 1.29 is 4.79 Å². The van der Waals surface area contributed by atoms with Crippen LogP contribution in [0.4, 0.5) is 0 Å². The number of thioether (sulfide) groups is 1. The molecule has 24 heavy (non-hydrogen) atoms. The van der Waals surface area contributed by atoms with Gasteiger partial charge in [-0.25, -0.2) is 0 Å². The van der Waals surface area contributed by atoms with Crippen LogP contribution in [0, 0.1) is 6.92 Å². The molecule has 0 aliphatic carbocycles. The number of aromatic nitrogens is 2. The van der Waals surface area contributed by atoms with Crippen molar-refractivity contribution in [1.82, 2.24) is 20.4 Å². The Morgan fingerprint density at radius 3 is 2.92 bits per heavy atom. The van der Waals surface area contributed by atoms with Gasteiger partial charge in [0.05, 0.1) is 6.04 Å². The number of hydrogen-bond donors (Lipinski definition) is 1. The molecule has 3 rings (SSSR count). The first kappa shape index (κ1) is 17.4. The quantitative estimate of drug-likeness (QED) is 0.632. The van der Waals surface area contributed by atoms with Crippen LogP contribution in [-0.4, -0.2) is 46.4 Å². The Hall–Kier alpha value is -1.44. The maximum absolute atomic E-state index is 12.5. The number of carbonyl (C=O) groups excluding carboxylic acids is 1. The average molecular weight is 363 g/mol. The van der Waals surface area contributed by atoms with Crippen molar-refractivity contribution in [2.24, 2.45) is 0 Å². The van der Waals surface area contributed by atoms with Gasteiger partial charge in [-0.05, 0) is 37.9 Å². The number of likely N-dealkylation sites (N-methyl/N-ethyl adjacent to an activating group) is 1. The summed E-state index contributed by atoms with van der Waals surface area (Å²) >= 11 is 3.32. The van der Waals surface area contributed by atoms with Crippen LogP contribution in [0.1, 0.15) is 22.6 Å². The zero-order valence-electron chi connectivity index (χ0n) is 14.0. The van der Waals surface area contributed by atoms with E-state index in [1.807, 2.05) is 20.0 Å². The van der Waals surface area contributed by atoms with Crippen LogP contribution in [0.15, 0.2) is 28.6 Å². The van der Waals surface area contributed by atoms with Crippen molar-refractivity contribution in [1.29, 1.82) is 0 Å². The van der Waals surface area contributed by atoms with Crippen molar-refractivity contribution >= 4 is 29.0 Å². The Bertz CT molecular complexity index is 703. The van der Waals surface area contributed by atoms with Gasteiger partial charge in [0.25, 0.3) is 0 Å². The normalized spacial score (nSPS) is 17.5. The molecule has 0 unspecified atom stereocenters. The van der Waals surface area contributed by atoms with E-state index in [2.05, 4.69) is 38.6 Å². The lowest BCUT2D eigenvalue weighted by Crippen LogP contribution is -2.48. The Morgan fingerprint density at radius 2 is 2.17 bits per heavy atom. The summed E-state index contributed by atoms with van der Waals surface area (Å²) in [6, 6.07) is 8.31. The van der Waals surface area contributed by atoms with Gasteiger partial charge in [0.1, 0.15) is 5.01 Å². The first-order valence-corrected chi connectivity index (χ1v) is 9.91. The second kappa shape index (κ2) is 8.09. The fraction of sp³-hybridized carbons (Fsp3) is 0.471. The van der Waals surface area contributed by atoms with E-state index < -0.39 is 0 Å². The van der Waals surface area contributed by atoms with E-state index in [1.54, 1.807) is 23.1 Å². The van der Waals surface area contributed by atoms with Gasteiger partial charge in [0.2, 0.25) is 5.91 Å². The van der Waals surface area contributed by atoms with Gasteiger partial charge < -0.3 is 5.32 Å². The molecule has 1 aliphatic rings. The monoisotopic (exact) mass is 362 g/mol. The SMILES string of the molecule is Cc1nnc(SCCCNC(=O)[C@H]2Cc3ccccc3CN2C)s1. The lowest BCUT2D eigenvalue weighted by atomic mass is 9.94. The van der Waals surface area contributed by atoms with E-state index in [-0.39, 0.29) is 11.9 Å². The van der Waals surface area contributed by atoms with Gasteiger partial charge >= 0.3 is 0 Å². The number of fused-ring (bicyclic) bond motifs is 1. The van der Waals surface area contributed by atoms with Gasteiger partial charge in [0.15, 0.2) is 4.34 Å². The molecule has 2 heterocycles. The predicted molar refractivity (Wildman–Crippen MR) is 98.4 cm³/mol. The highest BCUT2D eigenvalue weighted by atomic mass is 32.2. The van der Waals surface area contributed by atoms with Crippen molar-refractivity contribution in [3.05, 3.63) is 40.4 Å². The number of benzene rings is 1. The molecular formula is C17H22N4OS2. The molecule has 0 bridgehead atoms. The molecule has 1 amide bonds. The first-order valence-electron chi connectivity index (χ1n) is 8.11. The zero-order chi connectivity index (χ0) is 16.9. The molecule has 1 aromatic carbocycles. The highest BCUT2D eigenvalue weighted by Crippen LogP contribution is 2.23. The number of carbonyl (C=O) groups is 1. The fourth-order valence-electron chi connectivity index (χ4n) is 2.84. The molecule has 7 heteroatoms. The third-order valence-corrected chi connectivity index (χ3v) is 6.20. The lowest BCUT2D eigenvalue weighted by Gasteiger charge is -2.33. The van der Waals surface area contributed by atoms with Gasteiger partial charge in [0, 0.05) is 18.8 Å². The molecule has 1 atom stereocenters. The van der Waals surface area contributed by atoms with E-state index in [1.165, 1.54) is 11.1 Å². The van der Waals surface area contributed by atoms with Crippen molar-refractivity contribution in [3.8, 4) is 0 Å². The van der Waals surface area contributed by atoms with E-state index in [4.69, 9.17) is 0 Å². The smallest absolute Gasteiger partial charge is 0.237 e. The number of aryl methyl sites for hydroxylation is 1. The maximum atomic E-state index is 12.5. The van der Waals surface area contributed by atoms with Crippen LogP contribution < -0.4 is 5.32 Å². The zero-order valence-corrected chi connectivity index (χ0v) is 15.6. The van der Waals surface area contributed by atoms with Crippen LogP contribution in [0.2, 0.25) is 0 Å². The summed E-state index contributed by atoms with van der Waals surface area (Å²) in [7, 11) is 2.02. The molecule has 5 nitrogen and oxygen atoms in total. The third kappa shape index (κ3) is 4.34. The second-order valence-corrected chi connectivity index (χ2v) is 8.51. The van der Waals surface area contributed by atoms with Crippen LogP contribution in [0.5, 0.6) is 0 Å². The van der Waals surface area contributed by atoms with Crippen LogP contribution in [0.25, 0.3) is 0 Å². The Balaban J connectivity index is 1.42. The highest BCUT2D eigenvalue weighted by molar-refractivity contribution is 8.01. The molecule has 2 aromatic rings. The molecule has 0 spiro atoms. The number of nitrogens with one attached hydrogen (secondary N) is 1. The average Bonchev–Trinajstić information content (AvgIpc) is 2.99. The molecular weight excluding hydrogens is 340 g/mol. The Labute approximate surface area is 150 Å². The molecule has 0 saturated heterocycles. The van der Waals surface area contributed by atoms with E-state index in [0.29, 0.717) is 6.54 Å². The van der Waals surface area contributed by atoms with Gasteiger partial charge in [-0.3, -0.25) is 9.69 Å². The predicted octanol–water partition coefficient (Wildman–Crippen LogP) is 2.50. The summed E-state index contributed by atoms with van der Waals surface area (Å²) in [6.45, 7) is 3.50. The number of nitrogens with zero attached hydrogens (tertiary/aromatic N) is 3. The molecule has 0 fully saturated rings. The topological polar surface area (TPSA) is 58.1 Å². The van der Waals surface area contributed by atoms with E-state index in [0.717, 1.165) is 34.5 Å². The minimum Gasteiger partial charge on any atom is -0.355 e. The molecule has 0 saturated carbocycles. The largest absolute Gasteiger partial charge is 0.355 e. The highest BCUT2D eigenvalue weighted by Gasteiger charge is 2.28. The summed E-state index contributed by atoms with van der Waals surface area (Å²) in [5.41, 5.74) is 2.62. The van der Waals surface area contributed by atoms with Crippen LogP contribution in [0.3, 0.4) is 0 Å². The van der Waals surface area contributed by atoms with Crippen molar-refractivity contribution in [3.63, 3.8) is 0 Å². The molecule has 1 aromatic heterocycles. The first-order chi connectivity index (χ1) is 11.6. The summed E-state index contributed by atoms with van der Waals surface area (Å²) in [5.74, 6) is 1.07. The summed E-state index contributed by atoms with van der Waals surface area (Å²) in [4.78, 5) is 14.6. The Kier molecular flexibility index (Phi) is 5.86. The number of hydrogen-bond acceptors (Lipinski definition) is 6. The van der Waals surface area contributed by atoms with E-state index in [9.17, 15) is 4.79 Å².